The number of aliphatic hydroxyl groups is 1. The number of alkyl halides is 3. The number of hydrogen-bond donors (Lipinski definition) is 2. The first-order chi connectivity index (χ1) is 9.58. The number of halogens is 4. The Morgan fingerprint density at radius 2 is 1.95 bits per heavy atom. The quantitative estimate of drug-likeness (QED) is 0.787. The zero-order chi connectivity index (χ0) is 16.3. The molecule has 1 aromatic carbocycles. The normalized spacial score (nSPS) is 14.2. The lowest BCUT2D eigenvalue weighted by Crippen LogP contribution is -2.33. The van der Waals surface area contributed by atoms with E-state index >= 15 is 0 Å². The van der Waals surface area contributed by atoms with Gasteiger partial charge in [-0.2, -0.15) is 13.2 Å². The number of rotatable bonds is 6. The Morgan fingerprint density at radius 3 is 2.48 bits per heavy atom. The molecule has 0 aliphatic heterocycles. The van der Waals surface area contributed by atoms with E-state index in [1.807, 2.05) is 4.72 Å². The van der Waals surface area contributed by atoms with Crippen molar-refractivity contribution in [2.75, 3.05) is 6.54 Å². The fraction of sp³-hybridized carbons (Fsp3) is 0.500. The summed E-state index contributed by atoms with van der Waals surface area (Å²) in [6.07, 6.45) is -5.11. The lowest BCUT2D eigenvalue weighted by molar-refractivity contribution is -0.140. The van der Waals surface area contributed by atoms with Gasteiger partial charge in [0, 0.05) is 6.54 Å². The van der Waals surface area contributed by atoms with Crippen molar-refractivity contribution in [2.24, 2.45) is 0 Å². The minimum absolute atomic E-state index is 0.122. The van der Waals surface area contributed by atoms with Crippen molar-refractivity contribution < 1.29 is 31.1 Å². The molecule has 4 nitrogen and oxygen atoms in total. The standard InChI is InChI=1S/C12H15F4NO3S/c1-2-3-9(18)7-17-21(19,20)11-5-4-8(13)6-10(11)12(14,15)16/h4-6,9,17-18H,2-3,7H2,1H3. The van der Waals surface area contributed by atoms with Crippen LogP contribution in [0.1, 0.15) is 25.3 Å². The van der Waals surface area contributed by atoms with E-state index in [0.29, 0.717) is 25.0 Å². The predicted molar refractivity (Wildman–Crippen MR) is 67.5 cm³/mol. The summed E-state index contributed by atoms with van der Waals surface area (Å²) in [5, 5.41) is 9.42. The van der Waals surface area contributed by atoms with Gasteiger partial charge in [-0.25, -0.2) is 17.5 Å². The second-order valence-electron chi connectivity index (χ2n) is 4.43. The molecule has 0 fully saturated rings. The number of nitrogens with one attached hydrogen (secondary N) is 1. The van der Waals surface area contributed by atoms with Crippen LogP contribution in [-0.2, 0) is 16.2 Å². The average molecular weight is 329 g/mol. The second kappa shape index (κ2) is 6.71. The molecule has 0 aliphatic rings. The number of hydrogen-bond acceptors (Lipinski definition) is 3. The lowest BCUT2D eigenvalue weighted by atomic mass is 10.2. The maximum Gasteiger partial charge on any atom is 0.417 e. The molecule has 1 rings (SSSR count). The van der Waals surface area contributed by atoms with Crippen molar-refractivity contribution in [3.05, 3.63) is 29.6 Å². The third kappa shape index (κ3) is 4.94. The predicted octanol–water partition coefficient (Wildman–Crippen LogP) is 2.28. The summed E-state index contributed by atoms with van der Waals surface area (Å²) in [6, 6.07) is 1.30. The van der Waals surface area contributed by atoms with Gasteiger partial charge in [-0.3, -0.25) is 0 Å². The highest BCUT2D eigenvalue weighted by Gasteiger charge is 2.37. The van der Waals surface area contributed by atoms with Crippen LogP contribution in [0.15, 0.2) is 23.1 Å². The van der Waals surface area contributed by atoms with Gasteiger partial charge in [0.1, 0.15) is 5.82 Å². The third-order valence-corrected chi connectivity index (χ3v) is 4.15. The Hall–Kier alpha value is -1.19. The largest absolute Gasteiger partial charge is 0.417 e. The van der Waals surface area contributed by atoms with Crippen LogP contribution in [0.4, 0.5) is 17.6 Å². The molecular weight excluding hydrogens is 314 g/mol. The van der Waals surface area contributed by atoms with Gasteiger partial charge in [-0.1, -0.05) is 13.3 Å². The first-order valence-electron chi connectivity index (χ1n) is 6.12. The molecule has 1 atom stereocenters. The van der Waals surface area contributed by atoms with E-state index in [4.69, 9.17) is 0 Å². The van der Waals surface area contributed by atoms with Crippen LogP contribution in [0.2, 0.25) is 0 Å². The zero-order valence-electron chi connectivity index (χ0n) is 11.1. The molecule has 0 bridgehead atoms. The maximum atomic E-state index is 12.9. The second-order valence-corrected chi connectivity index (χ2v) is 6.17. The van der Waals surface area contributed by atoms with Crippen molar-refractivity contribution in [2.45, 2.75) is 36.9 Å². The van der Waals surface area contributed by atoms with Crippen LogP contribution in [-0.4, -0.2) is 26.2 Å². The van der Waals surface area contributed by atoms with Crippen LogP contribution in [0.5, 0.6) is 0 Å². The Morgan fingerprint density at radius 1 is 1.33 bits per heavy atom. The number of benzene rings is 1. The monoisotopic (exact) mass is 329 g/mol. The van der Waals surface area contributed by atoms with E-state index in [1.165, 1.54) is 0 Å². The number of sulfonamides is 1. The van der Waals surface area contributed by atoms with Crippen molar-refractivity contribution in [1.82, 2.24) is 4.72 Å². The number of aliphatic hydroxyl groups excluding tert-OH is 1. The molecule has 1 unspecified atom stereocenters. The lowest BCUT2D eigenvalue weighted by Gasteiger charge is -2.15. The van der Waals surface area contributed by atoms with E-state index in [9.17, 15) is 31.1 Å². The molecular formula is C12H15F4NO3S. The molecule has 0 spiro atoms. The smallest absolute Gasteiger partial charge is 0.392 e. The molecule has 0 heterocycles. The highest BCUT2D eigenvalue weighted by atomic mass is 32.2. The van der Waals surface area contributed by atoms with Gasteiger partial charge < -0.3 is 5.11 Å². The Labute approximate surface area is 119 Å². The van der Waals surface area contributed by atoms with Gasteiger partial charge >= 0.3 is 6.18 Å². The Bertz CT molecular complexity index is 587. The Kier molecular flexibility index (Phi) is 5.71. The van der Waals surface area contributed by atoms with Crippen LogP contribution in [0.25, 0.3) is 0 Å². The fourth-order valence-electron chi connectivity index (χ4n) is 1.68. The van der Waals surface area contributed by atoms with E-state index in [1.54, 1.807) is 6.92 Å². The van der Waals surface area contributed by atoms with Crippen LogP contribution in [0.3, 0.4) is 0 Å². The molecule has 0 aromatic heterocycles. The maximum absolute atomic E-state index is 12.9. The minimum atomic E-state index is -5.01. The van der Waals surface area contributed by atoms with E-state index in [-0.39, 0.29) is 6.07 Å². The van der Waals surface area contributed by atoms with Crippen molar-refractivity contribution in [1.29, 1.82) is 0 Å². The van der Waals surface area contributed by atoms with Crippen molar-refractivity contribution in [3.8, 4) is 0 Å². The first-order valence-corrected chi connectivity index (χ1v) is 7.60. The Balaban J connectivity index is 3.09. The highest BCUT2D eigenvalue weighted by molar-refractivity contribution is 7.89. The summed E-state index contributed by atoms with van der Waals surface area (Å²) in [5.41, 5.74) is -1.58. The van der Waals surface area contributed by atoms with E-state index in [0.717, 1.165) is 0 Å². The molecule has 0 saturated carbocycles. The summed E-state index contributed by atoms with van der Waals surface area (Å²) in [5.74, 6) is -1.19. The molecule has 0 radical (unpaired) electrons. The van der Waals surface area contributed by atoms with Crippen molar-refractivity contribution in [3.63, 3.8) is 0 Å². The van der Waals surface area contributed by atoms with Gasteiger partial charge in [0.25, 0.3) is 0 Å². The minimum Gasteiger partial charge on any atom is -0.392 e. The topological polar surface area (TPSA) is 66.4 Å². The fourth-order valence-corrected chi connectivity index (χ4v) is 2.96. The molecule has 2 N–H and O–H groups in total. The summed E-state index contributed by atoms with van der Waals surface area (Å²) < 4.78 is 76.9. The SMILES string of the molecule is CCCC(O)CNS(=O)(=O)c1ccc(F)cc1C(F)(F)F. The molecule has 120 valence electrons. The summed E-state index contributed by atoms with van der Waals surface area (Å²) in [6.45, 7) is 1.35. The van der Waals surface area contributed by atoms with Gasteiger partial charge in [-0.05, 0) is 24.6 Å². The molecule has 0 saturated heterocycles. The summed E-state index contributed by atoms with van der Waals surface area (Å²) in [4.78, 5) is -1.07. The molecule has 1 aromatic rings. The zero-order valence-corrected chi connectivity index (χ0v) is 11.9. The summed E-state index contributed by atoms with van der Waals surface area (Å²) in [7, 11) is -4.50. The van der Waals surface area contributed by atoms with Crippen LogP contribution in [0, 0.1) is 5.82 Å². The highest BCUT2D eigenvalue weighted by Crippen LogP contribution is 2.34. The van der Waals surface area contributed by atoms with E-state index in [2.05, 4.69) is 0 Å². The van der Waals surface area contributed by atoms with Gasteiger partial charge in [0.05, 0.1) is 16.6 Å². The molecule has 0 amide bonds. The molecule has 21 heavy (non-hydrogen) atoms. The molecule has 0 aliphatic carbocycles. The van der Waals surface area contributed by atoms with Crippen LogP contribution < -0.4 is 4.72 Å². The third-order valence-electron chi connectivity index (χ3n) is 2.67. The average Bonchev–Trinajstić information content (AvgIpc) is 2.35. The van der Waals surface area contributed by atoms with Crippen LogP contribution >= 0.6 is 0 Å². The van der Waals surface area contributed by atoms with E-state index < -0.39 is 45.1 Å². The first kappa shape index (κ1) is 17.9. The molecule has 9 heteroatoms. The van der Waals surface area contributed by atoms with Gasteiger partial charge in [-0.15, -0.1) is 0 Å². The van der Waals surface area contributed by atoms with Gasteiger partial charge in [0.2, 0.25) is 10.0 Å². The van der Waals surface area contributed by atoms with Gasteiger partial charge in [0.15, 0.2) is 0 Å². The van der Waals surface area contributed by atoms with Crippen molar-refractivity contribution >= 4 is 10.0 Å². The summed E-state index contributed by atoms with van der Waals surface area (Å²) >= 11 is 0.